The van der Waals surface area contributed by atoms with Gasteiger partial charge < -0.3 is 14.4 Å². The number of thioether (sulfide) groups is 1. The van der Waals surface area contributed by atoms with E-state index in [-0.39, 0.29) is 0 Å². The van der Waals surface area contributed by atoms with E-state index in [0.29, 0.717) is 6.79 Å². The number of nitrogens with zero attached hydrogens (tertiary/aromatic N) is 1. The smallest absolute Gasteiger partial charge is 0.232 e. The van der Waals surface area contributed by atoms with Crippen molar-refractivity contribution < 1.29 is 9.47 Å². The average molecular weight is 159 g/mol. The summed E-state index contributed by atoms with van der Waals surface area (Å²) < 4.78 is 10.1. The molecule has 2 heterocycles. The van der Waals surface area contributed by atoms with Crippen molar-refractivity contribution in [3.8, 4) is 0 Å². The lowest BCUT2D eigenvalue weighted by atomic mass is 10.6. The van der Waals surface area contributed by atoms with Crippen LogP contribution in [-0.2, 0) is 9.47 Å². The van der Waals surface area contributed by atoms with Gasteiger partial charge in [0.25, 0.3) is 0 Å². The molecule has 0 aliphatic carbocycles. The Kier molecular flexibility index (Phi) is 1.63. The lowest BCUT2D eigenvalue weighted by molar-refractivity contribution is 0.0549. The summed E-state index contributed by atoms with van der Waals surface area (Å²) in [5, 5.41) is 0. The van der Waals surface area contributed by atoms with Crippen LogP contribution >= 0.6 is 11.8 Å². The predicted octanol–water partition coefficient (Wildman–Crippen LogP) is 0.796. The largest absolute Gasteiger partial charge is 0.459 e. The fraction of sp³-hybridized carbons (Fsp3) is 0.667. The van der Waals surface area contributed by atoms with Crippen LogP contribution in [0.15, 0.2) is 12.1 Å². The lowest BCUT2D eigenvalue weighted by Gasteiger charge is -2.14. The van der Waals surface area contributed by atoms with Gasteiger partial charge in [-0.25, -0.2) is 0 Å². The van der Waals surface area contributed by atoms with Crippen LogP contribution in [0.1, 0.15) is 0 Å². The van der Waals surface area contributed by atoms with Gasteiger partial charge in [0.1, 0.15) is 6.26 Å². The maximum absolute atomic E-state index is 5.19. The Hall–Kier alpha value is -0.510. The molecule has 0 spiro atoms. The molecule has 0 aromatic carbocycles. The van der Waals surface area contributed by atoms with E-state index in [9.17, 15) is 0 Å². The Morgan fingerprint density at radius 3 is 3.20 bits per heavy atom. The van der Waals surface area contributed by atoms with Gasteiger partial charge in [0.15, 0.2) is 0 Å². The number of ether oxygens (including phenoxy) is 2. The predicted molar refractivity (Wildman–Crippen MR) is 39.2 cm³/mol. The first-order valence-corrected chi connectivity index (χ1v) is 4.39. The molecule has 0 aromatic heterocycles. The molecule has 3 nitrogen and oxygen atoms in total. The minimum Gasteiger partial charge on any atom is -0.459 e. The SMILES string of the molecule is C1=C(N2CCSC2)OCO1. The van der Waals surface area contributed by atoms with E-state index >= 15 is 0 Å². The summed E-state index contributed by atoms with van der Waals surface area (Å²) >= 11 is 1.92. The van der Waals surface area contributed by atoms with Crippen LogP contribution in [0, 0.1) is 0 Å². The molecule has 0 radical (unpaired) electrons. The van der Waals surface area contributed by atoms with E-state index in [2.05, 4.69) is 4.90 Å². The van der Waals surface area contributed by atoms with Gasteiger partial charge in [0, 0.05) is 12.3 Å². The van der Waals surface area contributed by atoms with Gasteiger partial charge in [-0.05, 0) is 0 Å². The maximum atomic E-state index is 5.19. The molecule has 0 amide bonds. The molecule has 0 aromatic rings. The Balaban J connectivity index is 1.97. The third-order valence-corrected chi connectivity index (χ3v) is 2.49. The molecular formula is C6H9NO2S. The zero-order valence-corrected chi connectivity index (χ0v) is 6.39. The first kappa shape index (κ1) is 6.22. The van der Waals surface area contributed by atoms with Crippen molar-refractivity contribution in [2.45, 2.75) is 0 Å². The van der Waals surface area contributed by atoms with Gasteiger partial charge in [0.2, 0.25) is 12.7 Å². The summed E-state index contributed by atoms with van der Waals surface area (Å²) in [6.07, 6.45) is 1.69. The Labute approximate surface area is 64.0 Å². The monoisotopic (exact) mass is 159 g/mol. The number of hydrogen-bond acceptors (Lipinski definition) is 4. The van der Waals surface area contributed by atoms with Crippen LogP contribution in [0.2, 0.25) is 0 Å². The lowest BCUT2D eigenvalue weighted by Crippen LogP contribution is -2.18. The summed E-state index contributed by atoms with van der Waals surface area (Å²) in [7, 11) is 0. The third-order valence-electron chi connectivity index (χ3n) is 1.52. The molecule has 56 valence electrons. The summed E-state index contributed by atoms with van der Waals surface area (Å²) in [4.78, 5) is 2.18. The quantitative estimate of drug-likeness (QED) is 0.564. The fourth-order valence-electron chi connectivity index (χ4n) is 0.987. The molecule has 0 bridgehead atoms. The summed E-state index contributed by atoms with van der Waals surface area (Å²) in [5.74, 6) is 3.13. The molecular weight excluding hydrogens is 150 g/mol. The molecule has 0 N–H and O–H groups in total. The van der Waals surface area contributed by atoms with Crippen LogP contribution in [0.5, 0.6) is 0 Å². The molecule has 4 heteroatoms. The van der Waals surface area contributed by atoms with Crippen molar-refractivity contribution in [3.63, 3.8) is 0 Å². The standard InChI is InChI=1S/C6H9NO2S/c1-2-10-4-7(1)6-3-8-5-9-6/h3H,1-2,4-5H2. The highest BCUT2D eigenvalue weighted by molar-refractivity contribution is 7.99. The van der Waals surface area contributed by atoms with Crippen molar-refractivity contribution in [2.24, 2.45) is 0 Å². The minimum absolute atomic E-state index is 0.385. The summed E-state index contributed by atoms with van der Waals surface area (Å²) in [5.41, 5.74) is 0. The molecule has 2 rings (SSSR count). The maximum Gasteiger partial charge on any atom is 0.232 e. The summed E-state index contributed by atoms with van der Waals surface area (Å²) in [6.45, 7) is 1.47. The van der Waals surface area contributed by atoms with E-state index in [0.717, 1.165) is 18.3 Å². The second-order valence-electron chi connectivity index (χ2n) is 2.19. The van der Waals surface area contributed by atoms with Gasteiger partial charge in [-0.3, -0.25) is 0 Å². The number of hydrogen-bond donors (Lipinski definition) is 0. The molecule has 0 saturated carbocycles. The average Bonchev–Trinajstić information content (AvgIpc) is 2.59. The Morgan fingerprint density at radius 2 is 2.60 bits per heavy atom. The zero-order valence-electron chi connectivity index (χ0n) is 5.58. The van der Waals surface area contributed by atoms with Crippen molar-refractivity contribution in [1.29, 1.82) is 0 Å². The van der Waals surface area contributed by atoms with E-state index < -0.39 is 0 Å². The Bertz CT molecular complexity index is 154. The van der Waals surface area contributed by atoms with Crippen LogP contribution in [0.3, 0.4) is 0 Å². The van der Waals surface area contributed by atoms with Crippen LogP contribution in [0.25, 0.3) is 0 Å². The molecule has 1 saturated heterocycles. The summed E-state index contributed by atoms with van der Waals surface area (Å²) in [6, 6.07) is 0. The van der Waals surface area contributed by atoms with Crippen LogP contribution in [-0.4, -0.2) is 29.9 Å². The normalized spacial score (nSPS) is 24.0. The van der Waals surface area contributed by atoms with Gasteiger partial charge in [0.05, 0.1) is 5.88 Å². The second-order valence-corrected chi connectivity index (χ2v) is 3.26. The molecule has 10 heavy (non-hydrogen) atoms. The second kappa shape index (κ2) is 2.62. The first-order chi connectivity index (χ1) is 4.97. The third kappa shape index (κ3) is 1.03. The van der Waals surface area contributed by atoms with Crippen molar-refractivity contribution in [1.82, 2.24) is 4.90 Å². The van der Waals surface area contributed by atoms with Crippen molar-refractivity contribution in [2.75, 3.05) is 25.0 Å². The van der Waals surface area contributed by atoms with Gasteiger partial charge in [-0.15, -0.1) is 11.8 Å². The fourth-order valence-corrected chi connectivity index (χ4v) is 1.94. The molecule has 2 aliphatic heterocycles. The minimum atomic E-state index is 0.385. The van der Waals surface area contributed by atoms with E-state index in [1.54, 1.807) is 6.26 Å². The van der Waals surface area contributed by atoms with E-state index in [1.165, 1.54) is 5.75 Å². The topological polar surface area (TPSA) is 21.7 Å². The molecule has 1 fully saturated rings. The highest BCUT2D eigenvalue weighted by Crippen LogP contribution is 2.21. The highest BCUT2D eigenvalue weighted by atomic mass is 32.2. The molecule has 0 unspecified atom stereocenters. The zero-order chi connectivity index (χ0) is 6.81. The molecule has 2 aliphatic rings. The van der Waals surface area contributed by atoms with E-state index in [1.807, 2.05) is 11.8 Å². The van der Waals surface area contributed by atoms with Crippen LogP contribution < -0.4 is 0 Å². The van der Waals surface area contributed by atoms with Gasteiger partial charge >= 0.3 is 0 Å². The van der Waals surface area contributed by atoms with Crippen LogP contribution in [0.4, 0.5) is 0 Å². The Morgan fingerprint density at radius 1 is 1.60 bits per heavy atom. The number of rotatable bonds is 1. The van der Waals surface area contributed by atoms with Gasteiger partial charge in [-0.1, -0.05) is 0 Å². The van der Waals surface area contributed by atoms with Crippen molar-refractivity contribution >= 4 is 11.8 Å². The van der Waals surface area contributed by atoms with Gasteiger partial charge in [-0.2, -0.15) is 0 Å². The highest BCUT2D eigenvalue weighted by Gasteiger charge is 2.19. The first-order valence-electron chi connectivity index (χ1n) is 3.24. The molecule has 0 atom stereocenters. The van der Waals surface area contributed by atoms with E-state index in [4.69, 9.17) is 9.47 Å². The van der Waals surface area contributed by atoms with Crippen molar-refractivity contribution in [3.05, 3.63) is 12.1 Å².